The van der Waals surface area contributed by atoms with Gasteiger partial charge >= 0.3 is 12.2 Å². The molecule has 0 aliphatic carbocycles. The molecule has 4 nitrogen and oxygen atoms in total. The number of amides is 3. The number of nitrogens with one attached hydrogen (secondary N) is 2. The van der Waals surface area contributed by atoms with E-state index in [0.717, 1.165) is 35.2 Å². The molecule has 3 rings (SSSR count). The molecule has 3 aromatic carbocycles. The van der Waals surface area contributed by atoms with Crippen LogP contribution >= 0.6 is 11.8 Å². The van der Waals surface area contributed by atoms with E-state index in [9.17, 15) is 31.5 Å². The molecule has 0 spiro atoms. The molecule has 0 saturated heterocycles. The van der Waals surface area contributed by atoms with Crippen molar-refractivity contribution in [1.82, 2.24) is 5.32 Å². The molecule has 2 N–H and O–H groups in total. The Kier molecular flexibility index (Phi) is 7.37. The van der Waals surface area contributed by atoms with Crippen molar-refractivity contribution in [2.24, 2.45) is 0 Å². The molecule has 33 heavy (non-hydrogen) atoms. The van der Waals surface area contributed by atoms with Crippen molar-refractivity contribution >= 4 is 29.4 Å². The maximum absolute atomic E-state index is 13.6. The molecular weight excluding hydrogens is 463 g/mol. The Morgan fingerprint density at radius 1 is 0.909 bits per heavy atom. The van der Waals surface area contributed by atoms with Crippen molar-refractivity contribution in [3.05, 3.63) is 95.1 Å². The minimum atomic E-state index is -4.42. The van der Waals surface area contributed by atoms with E-state index in [2.05, 4.69) is 5.32 Å². The van der Waals surface area contributed by atoms with Crippen LogP contribution in [0.5, 0.6) is 0 Å². The minimum Gasteiger partial charge on any atom is -0.308 e. The lowest BCUT2D eigenvalue weighted by atomic mass is 10.1. The highest BCUT2D eigenvalue weighted by atomic mass is 32.2. The second kappa shape index (κ2) is 10.0. The third-order valence-corrected chi connectivity index (χ3v) is 5.70. The number of carbonyl (C=O) groups is 2. The van der Waals surface area contributed by atoms with E-state index < -0.39 is 40.9 Å². The SMILES string of the molecule is CC(Sc1ccc(NC(=O)NC(=O)c2c(F)cccc2F)cc1)c1cccc(C(F)(F)F)c1. The Morgan fingerprint density at radius 3 is 2.12 bits per heavy atom. The summed E-state index contributed by atoms with van der Waals surface area (Å²) < 4.78 is 66.0. The first-order chi connectivity index (χ1) is 15.5. The number of benzene rings is 3. The number of hydrogen-bond donors (Lipinski definition) is 2. The monoisotopic (exact) mass is 480 g/mol. The number of thioether (sulfide) groups is 1. The van der Waals surface area contributed by atoms with E-state index in [1.807, 2.05) is 5.32 Å². The van der Waals surface area contributed by atoms with Crippen LogP contribution in [-0.2, 0) is 6.18 Å². The first-order valence-corrected chi connectivity index (χ1v) is 10.4. The van der Waals surface area contributed by atoms with Crippen molar-refractivity contribution in [1.29, 1.82) is 0 Å². The van der Waals surface area contributed by atoms with Crippen LogP contribution in [0, 0.1) is 11.6 Å². The van der Waals surface area contributed by atoms with Crippen LogP contribution < -0.4 is 10.6 Å². The molecule has 172 valence electrons. The van der Waals surface area contributed by atoms with E-state index >= 15 is 0 Å². The lowest BCUT2D eigenvalue weighted by molar-refractivity contribution is -0.137. The number of hydrogen-bond acceptors (Lipinski definition) is 3. The van der Waals surface area contributed by atoms with Crippen LogP contribution in [0.15, 0.2) is 71.6 Å². The van der Waals surface area contributed by atoms with Gasteiger partial charge in [0.2, 0.25) is 0 Å². The van der Waals surface area contributed by atoms with Crippen LogP contribution in [0.3, 0.4) is 0 Å². The fourth-order valence-corrected chi connectivity index (χ4v) is 3.88. The van der Waals surface area contributed by atoms with Gasteiger partial charge in [0.25, 0.3) is 5.91 Å². The summed E-state index contributed by atoms with van der Waals surface area (Å²) in [7, 11) is 0. The highest BCUT2D eigenvalue weighted by Crippen LogP contribution is 2.37. The molecule has 10 heteroatoms. The van der Waals surface area contributed by atoms with E-state index in [0.29, 0.717) is 11.3 Å². The second-order valence-electron chi connectivity index (χ2n) is 6.91. The molecular formula is C23H17F5N2O2S. The Hall–Kier alpha value is -3.40. The summed E-state index contributed by atoms with van der Waals surface area (Å²) >= 11 is 1.32. The van der Waals surface area contributed by atoms with Crippen molar-refractivity contribution in [2.45, 2.75) is 23.2 Å². The van der Waals surface area contributed by atoms with E-state index in [1.165, 1.54) is 30.0 Å². The minimum absolute atomic E-state index is 0.275. The van der Waals surface area contributed by atoms with Gasteiger partial charge in [-0.2, -0.15) is 13.2 Å². The van der Waals surface area contributed by atoms with Gasteiger partial charge in [-0.25, -0.2) is 13.6 Å². The predicted molar refractivity (Wildman–Crippen MR) is 115 cm³/mol. The van der Waals surface area contributed by atoms with Crippen LogP contribution in [0.25, 0.3) is 0 Å². The molecule has 0 fully saturated rings. The molecule has 0 aliphatic rings. The fourth-order valence-electron chi connectivity index (χ4n) is 2.90. The zero-order valence-electron chi connectivity index (χ0n) is 17.0. The predicted octanol–water partition coefficient (Wildman–Crippen LogP) is 6.80. The van der Waals surface area contributed by atoms with Gasteiger partial charge in [0.1, 0.15) is 17.2 Å². The molecule has 1 atom stereocenters. The highest BCUT2D eigenvalue weighted by Gasteiger charge is 2.30. The van der Waals surface area contributed by atoms with Crippen LogP contribution in [0.4, 0.5) is 32.4 Å². The quantitative estimate of drug-likeness (QED) is 0.312. The maximum atomic E-state index is 13.6. The molecule has 0 radical (unpaired) electrons. The van der Waals surface area contributed by atoms with Crippen molar-refractivity contribution < 1.29 is 31.5 Å². The lowest BCUT2D eigenvalue weighted by Crippen LogP contribution is -2.35. The Labute approximate surface area is 190 Å². The van der Waals surface area contributed by atoms with Gasteiger partial charge in [0.15, 0.2) is 0 Å². The van der Waals surface area contributed by atoms with Gasteiger partial charge in [0, 0.05) is 15.8 Å². The van der Waals surface area contributed by atoms with Crippen LogP contribution in [0.2, 0.25) is 0 Å². The molecule has 0 saturated carbocycles. The Morgan fingerprint density at radius 2 is 1.52 bits per heavy atom. The van der Waals surface area contributed by atoms with Crippen molar-refractivity contribution in [3.8, 4) is 0 Å². The van der Waals surface area contributed by atoms with Crippen LogP contribution in [0.1, 0.15) is 33.7 Å². The van der Waals surface area contributed by atoms with Crippen LogP contribution in [-0.4, -0.2) is 11.9 Å². The van der Waals surface area contributed by atoms with Gasteiger partial charge in [0.05, 0.1) is 5.56 Å². The molecule has 0 bridgehead atoms. The average Bonchev–Trinajstić information content (AvgIpc) is 2.74. The summed E-state index contributed by atoms with van der Waals surface area (Å²) in [6, 6.07) is 13.3. The Bertz CT molecular complexity index is 1150. The largest absolute Gasteiger partial charge is 0.416 e. The first kappa shape index (κ1) is 24.2. The Balaban J connectivity index is 1.60. The average molecular weight is 480 g/mol. The molecule has 0 aliphatic heterocycles. The normalized spacial score (nSPS) is 12.2. The number of imide groups is 1. The first-order valence-electron chi connectivity index (χ1n) is 9.55. The summed E-state index contributed by atoms with van der Waals surface area (Å²) in [5.74, 6) is -3.43. The second-order valence-corrected chi connectivity index (χ2v) is 8.33. The topological polar surface area (TPSA) is 58.2 Å². The summed E-state index contributed by atoms with van der Waals surface area (Å²) in [4.78, 5) is 24.7. The number of halogens is 5. The third-order valence-electron chi connectivity index (χ3n) is 4.53. The van der Waals surface area contributed by atoms with E-state index in [-0.39, 0.29) is 5.25 Å². The van der Waals surface area contributed by atoms with E-state index in [1.54, 1.807) is 25.1 Å². The molecule has 1 unspecified atom stereocenters. The molecule has 3 aromatic rings. The molecule has 3 amide bonds. The maximum Gasteiger partial charge on any atom is 0.416 e. The summed E-state index contributed by atoms with van der Waals surface area (Å²) in [6.07, 6.45) is -4.42. The highest BCUT2D eigenvalue weighted by molar-refractivity contribution is 7.99. The van der Waals surface area contributed by atoms with Gasteiger partial charge in [-0.15, -0.1) is 11.8 Å². The third kappa shape index (κ3) is 6.32. The van der Waals surface area contributed by atoms with Gasteiger partial charge < -0.3 is 5.32 Å². The summed E-state index contributed by atoms with van der Waals surface area (Å²) in [5.41, 5.74) is -0.786. The van der Waals surface area contributed by atoms with Crippen molar-refractivity contribution in [2.75, 3.05) is 5.32 Å². The van der Waals surface area contributed by atoms with Crippen molar-refractivity contribution in [3.63, 3.8) is 0 Å². The number of anilines is 1. The van der Waals surface area contributed by atoms with Gasteiger partial charge in [-0.1, -0.05) is 24.3 Å². The lowest BCUT2D eigenvalue weighted by Gasteiger charge is -2.15. The number of alkyl halides is 3. The molecule has 0 aromatic heterocycles. The molecule has 0 heterocycles. The van der Waals surface area contributed by atoms with E-state index in [4.69, 9.17) is 0 Å². The summed E-state index contributed by atoms with van der Waals surface area (Å²) in [5, 5.41) is 3.94. The zero-order valence-corrected chi connectivity index (χ0v) is 17.9. The summed E-state index contributed by atoms with van der Waals surface area (Å²) in [6.45, 7) is 1.77. The zero-order chi connectivity index (χ0) is 24.2. The standard InChI is InChI=1S/C23H17F5N2O2S/c1-13(14-4-2-5-15(12-14)23(26,27)28)33-17-10-8-16(9-11-17)29-22(32)30-21(31)20-18(24)6-3-7-19(20)25/h2-13H,1H3,(H2,29,30,31,32). The van der Waals surface area contributed by atoms with Gasteiger partial charge in [-0.05, 0) is 55.0 Å². The number of urea groups is 1. The number of carbonyl (C=O) groups excluding carboxylic acids is 2. The smallest absolute Gasteiger partial charge is 0.308 e. The fraction of sp³-hybridized carbons (Fsp3) is 0.130. The number of rotatable bonds is 5. The van der Waals surface area contributed by atoms with Gasteiger partial charge in [-0.3, -0.25) is 10.1 Å².